The van der Waals surface area contributed by atoms with Crippen molar-refractivity contribution in [1.82, 2.24) is 0 Å². The maximum absolute atomic E-state index is 13.6. The Kier molecular flexibility index (Phi) is 4.30. The Hall–Kier alpha value is -2.43. The molecule has 0 aliphatic heterocycles. The fraction of sp³-hybridized carbons (Fsp3) is 0.133. The molecule has 0 radical (unpaired) electrons. The van der Waals surface area contributed by atoms with Crippen LogP contribution in [-0.4, -0.2) is 17.6 Å². The summed E-state index contributed by atoms with van der Waals surface area (Å²) in [7, 11) is 0. The molecule has 0 bridgehead atoms. The number of carboxylic acid groups (broad SMARTS) is 1. The minimum Gasteiger partial charge on any atom is -0.478 e. The number of aromatic carboxylic acids is 1. The van der Waals surface area contributed by atoms with Gasteiger partial charge in [0.15, 0.2) is 11.6 Å². The summed E-state index contributed by atoms with van der Waals surface area (Å²) >= 11 is 0. The van der Waals surface area contributed by atoms with Gasteiger partial charge < -0.3 is 10.4 Å². The van der Waals surface area contributed by atoms with E-state index in [1.54, 1.807) is 0 Å². The molecule has 0 unspecified atom stereocenters. The van der Waals surface area contributed by atoms with Crippen molar-refractivity contribution >= 4 is 11.7 Å². The van der Waals surface area contributed by atoms with E-state index in [9.17, 15) is 13.6 Å². The molecule has 20 heavy (non-hydrogen) atoms. The summed E-state index contributed by atoms with van der Waals surface area (Å²) in [6.07, 6.45) is 0.655. The molecule has 3 nitrogen and oxygen atoms in total. The molecule has 0 saturated heterocycles. The zero-order valence-corrected chi connectivity index (χ0v) is 10.6. The Bertz CT molecular complexity index is 615. The van der Waals surface area contributed by atoms with Gasteiger partial charge in [0.2, 0.25) is 0 Å². The molecule has 5 heteroatoms. The lowest BCUT2D eigenvalue weighted by Gasteiger charge is -2.09. The van der Waals surface area contributed by atoms with Crippen molar-refractivity contribution in [2.75, 3.05) is 11.9 Å². The van der Waals surface area contributed by atoms with Crippen LogP contribution in [0.15, 0.2) is 42.5 Å². The lowest BCUT2D eigenvalue weighted by atomic mass is 10.1. The van der Waals surface area contributed by atoms with Crippen molar-refractivity contribution < 1.29 is 18.7 Å². The molecule has 0 amide bonds. The zero-order chi connectivity index (χ0) is 14.5. The van der Waals surface area contributed by atoms with E-state index < -0.39 is 23.2 Å². The van der Waals surface area contributed by atoms with Gasteiger partial charge in [-0.1, -0.05) is 30.3 Å². The first-order chi connectivity index (χ1) is 9.59. The molecule has 2 rings (SSSR count). The topological polar surface area (TPSA) is 49.3 Å². The molecule has 104 valence electrons. The summed E-state index contributed by atoms with van der Waals surface area (Å²) in [5, 5.41) is 11.4. The third-order valence-corrected chi connectivity index (χ3v) is 2.88. The average molecular weight is 277 g/mol. The highest BCUT2D eigenvalue weighted by Crippen LogP contribution is 2.20. The molecular weight excluding hydrogens is 264 g/mol. The van der Waals surface area contributed by atoms with Gasteiger partial charge in [-0.15, -0.1) is 0 Å². The fourth-order valence-corrected chi connectivity index (χ4v) is 1.84. The van der Waals surface area contributed by atoms with Gasteiger partial charge in [-0.2, -0.15) is 0 Å². The van der Waals surface area contributed by atoms with Crippen LogP contribution in [0.2, 0.25) is 0 Å². The quantitative estimate of drug-likeness (QED) is 0.881. The molecule has 0 aromatic heterocycles. The highest BCUT2D eigenvalue weighted by atomic mass is 19.2. The van der Waals surface area contributed by atoms with Gasteiger partial charge in [0.1, 0.15) is 0 Å². The molecule has 0 fully saturated rings. The van der Waals surface area contributed by atoms with E-state index in [2.05, 4.69) is 5.32 Å². The van der Waals surface area contributed by atoms with Crippen LogP contribution in [0.4, 0.5) is 14.5 Å². The summed E-state index contributed by atoms with van der Waals surface area (Å²) < 4.78 is 27.1. The molecule has 0 spiro atoms. The van der Waals surface area contributed by atoms with Crippen LogP contribution >= 0.6 is 0 Å². The van der Waals surface area contributed by atoms with Gasteiger partial charge in [0.05, 0.1) is 11.3 Å². The monoisotopic (exact) mass is 277 g/mol. The second-order valence-electron chi connectivity index (χ2n) is 4.26. The van der Waals surface area contributed by atoms with E-state index in [1.807, 2.05) is 30.3 Å². The largest absolute Gasteiger partial charge is 0.478 e. The molecule has 0 heterocycles. The third kappa shape index (κ3) is 3.12. The first-order valence-corrected chi connectivity index (χ1v) is 6.08. The van der Waals surface area contributed by atoms with Crippen molar-refractivity contribution in [3.05, 3.63) is 65.2 Å². The van der Waals surface area contributed by atoms with Crippen LogP contribution in [0, 0.1) is 11.6 Å². The number of anilines is 1. The summed E-state index contributed by atoms with van der Waals surface area (Å²) in [4.78, 5) is 10.7. The van der Waals surface area contributed by atoms with Gasteiger partial charge in [0, 0.05) is 6.54 Å². The molecule has 0 aliphatic carbocycles. The maximum atomic E-state index is 13.6. The Labute approximate surface area is 114 Å². The van der Waals surface area contributed by atoms with Gasteiger partial charge in [-0.05, 0) is 24.1 Å². The van der Waals surface area contributed by atoms with Crippen LogP contribution in [0.1, 0.15) is 15.9 Å². The van der Waals surface area contributed by atoms with E-state index in [-0.39, 0.29) is 5.69 Å². The molecule has 0 saturated carbocycles. The fourth-order valence-electron chi connectivity index (χ4n) is 1.84. The Morgan fingerprint density at radius 3 is 2.40 bits per heavy atom. The van der Waals surface area contributed by atoms with Crippen molar-refractivity contribution in [3.8, 4) is 0 Å². The number of carboxylic acids is 1. The SMILES string of the molecule is O=C(O)c1ccc(NCCc2ccccc2)c(F)c1F. The number of carbonyl (C=O) groups is 1. The number of rotatable bonds is 5. The Balaban J connectivity index is 2.04. The second kappa shape index (κ2) is 6.14. The van der Waals surface area contributed by atoms with Crippen molar-refractivity contribution in [2.45, 2.75) is 6.42 Å². The van der Waals surface area contributed by atoms with Crippen LogP contribution < -0.4 is 5.32 Å². The number of hydrogen-bond acceptors (Lipinski definition) is 2. The standard InChI is InChI=1S/C15H13F2NO2/c16-13-11(15(19)20)6-7-12(14(13)17)18-9-8-10-4-2-1-3-5-10/h1-7,18H,8-9H2,(H,19,20). The smallest absolute Gasteiger partial charge is 0.338 e. The zero-order valence-electron chi connectivity index (χ0n) is 10.6. The maximum Gasteiger partial charge on any atom is 0.338 e. The summed E-state index contributed by atoms with van der Waals surface area (Å²) in [6.45, 7) is 0.423. The molecule has 0 atom stereocenters. The van der Waals surface area contributed by atoms with E-state index in [1.165, 1.54) is 6.07 Å². The van der Waals surface area contributed by atoms with E-state index >= 15 is 0 Å². The molecule has 2 N–H and O–H groups in total. The number of nitrogens with one attached hydrogen (secondary N) is 1. The Morgan fingerprint density at radius 1 is 1.05 bits per heavy atom. The van der Waals surface area contributed by atoms with Crippen molar-refractivity contribution in [3.63, 3.8) is 0 Å². The van der Waals surface area contributed by atoms with Crippen LogP contribution in [0.3, 0.4) is 0 Å². The van der Waals surface area contributed by atoms with Gasteiger partial charge in [0.25, 0.3) is 0 Å². The van der Waals surface area contributed by atoms with Gasteiger partial charge in [-0.3, -0.25) is 0 Å². The minimum atomic E-state index is -1.49. The lowest BCUT2D eigenvalue weighted by molar-refractivity contribution is 0.0690. The first kappa shape index (κ1) is 14.0. The second-order valence-corrected chi connectivity index (χ2v) is 4.26. The average Bonchev–Trinajstić information content (AvgIpc) is 2.44. The Morgan fingerprint density at radius 2 is 1.75 bits per heavy atom. The molecule has 0 aliphatic rings. The molecule has 2 aromatic rings. The highest BCUT2D eigenvalue weighted by Gasteiger charge is 2.17. The summed E-state index contributed by atoms with van der Waals surface area (Å²) in [6, 6.07) is 11.8. The normalized spacial score (nSPS) is 10.3. The summed E-state index contributed by atoms with van der Waals surface area (Å²) in [5.41, 5.74) is 0.363. The predicted octanol–water partition coefficient (Wildman–Crippen LogP) is 3.32. The van der Waals surface area contributed by atoms with E-state index in [0.717, 1.165) is 11.6 Å². The summed E-state index contributed by atoms with van der Waals surface area (Å²) in [5.74, 6) is -4.00. The van der Waals surface area contributed by atoms with Gasteiger partial charge >= 0.3 is 5.97 Å². The van der Waals surface area contributed by atoms with Crippen LogP contribution in [-0.2, 0) is 6.42 Å². The number of benzene rings is 2. The van der Waals surface area contributed by atoms with Crippen LogP contribution in [0.5, 0.6) is 0 Å². The van der Waals surface area contributed by atoms with Crippen LogP contribution in [0.25, 0.3) is 0 Å². The minimum absolute atomic E-state index is 0.0385. The highest BCUT2D eigenvalue weighted by molar-refractivity contribution is 5.88. The van der Waals surface area contributed by atoms with Crippen molar-refractivity contribution in [1.29, 1.82) is 0 Å². The number of halogens is 2. The lowest BCUT2D eigenvalue weighted by Crippen LogP contribution is -2.10. The van der Waals surface area contributed by atoms with E-state index in [4.69, 9.17) is 5.11 Å². The van der Waals surface area contributed by atoms with Gasteiger partial charge in [-0.25, -0.2) is 13.6 Å². The molecule has 2 aromatic carbocycles. The number of hydrogen-bond donors (Lipinski definition) is 2. The molecular formula is C15H13F2NO2. The van der Waals surface area contributed by atoms with E-state index in [0.29, 0.717) is 13.0 Å². The third-order valence-electron chi connectivity index (χ3n) is 2.88. The van der Waals surface area contributed by atoms with Crippen molar-refractivity contribution in [2.24, 2.45) is 0 Å². The first-order valence-electron chi connectivity index (χ1n) is 6.08. The predicted molar refractivity (Wildman–Crippen MR) is 72.0 cm³/mol.